The van der Waals surface area contributed by atoms with E-state index in [4.69, 9.17) is 4.99 Å². The molecule has 158 valence electrons. The molecule has 0 bridgehead atoms. The first-order chi connectivity index (χ1) is 13.4. The van der Waals surface area contributed by atoms with Gasteiger partial charge in [0.25, 0.3) is 5.91 Å². The minimum atomic E-state index is -0.788. The summed E-state index contributed by atoms with van der Waals surface area (Å²) in [6.07, 6.45) is 4.35. The summed E-state index contributed by atoms with van der Waals surface area (Å²) in [5.74, 6) is 1.70. The third-order valence-electron chi connectivity index (χ3n) is 6.44. The van der Waals surface area contributed by atoms with Crippen LogP contribution < -0.4 is 16.0 Å². The molecule has 3 saturated heterocycles. The number of amides is 3. The minimum absolute atomic E-state index is 0.146. The minimum Gasteiger partial charge on any atom is -0.357 e. The average Bonchev–Trinajstić information content (AvgIpc) is 2.94. The van der Waals surface area contributed by atoms with Crippen LogP contribution in [0.3, 0.4) is 0 Å². The van der Waals surface area contributed by atoms with Gasteiger partial charge in [-0.25, -0.2) is 4.79 Å². The number of urea groups is 1. The van der Waals surface area contributed by atoms with Gasteiger partial charge in [0, 0.05) is 32.7 Å². The number of hydrogen-bond acceptors (Lipinski definition) is 4. The Kier molecular flexibility index (Phi) is 6.80. The van der Waals surface area contributed by atoms with E-state index in [-0.39, 0.29) is 17.9 Å². The SMILES string of the molecule is CCNC(=NCCN1CCCC(C)C1)N1CCC(C2(C)NC(=O)NC2=O)CC1. The van der Waals surface area contributed by atoms with Crippen molar-refractivity contribution in [2.45, 2.75) is 52.0 Å². The van der Waals surface area contributed by atoms with Crippen molar-refractivity contribution >= 4 is 17.9 Å². The van der Waals surface area contributed by atoms with Crippen molar-refractivity contribution < 1.29 is 9.59 Å². The molecule has 3 aliphatic rings. The fourth-order valence-electron chi connectivity index (χ4n) is 4.73. The predicted molar refractivity (Wildman–Crippen MR) is 110 cm³/mol. The quantitative estimate of drug-likeness (QED) is 0.369. The van der Waals surface area contributed by atoms with E-state index in [9.17, 15) is 9.59 Å². The lowest BCUT2D eigenvalue weighted by atomic mass is 9.79. The van der Waals surface area contributed by atoms with Crippen LogP contribution in [0.1, 0.15) is 46.5 Å². The highest BCUT2D eigenvalue weighted by Crippen LogP contribution is 2.30. The maximum absolute atomic E-state index is 12.2. The van der Waals surface area contributed by atoms with Crippen molar-refractivity contribution in [3.63, 3.8) is 0 Å². The van der Waals surface area contributed by atoms with Crippen molar-refractivity contribution in [2.24, 2.45) is 16.8 Å². The molecule has 2 unspecified atom stereocenters. The zero-order valence-corrected chi connectivity index (χ0v) is 17.6. The normalized spacial score (nSPS) is 30.3. The first kappa shape index (κ1) is 20.9. The topological polar surface area (TPSA) is 89.1 Å². The Balaban J connectivity index is 1.52. The molecule has 0 saturated carbocycles. The van der Waals surface area contributed by atoms with Gasteiger partial charge in [-0.05, 0) is 57.9 Å². The van der Waals surface area contributed by atoms with Crippen LogP contribution in [0, 0.1) is 11.8 Å². The zero-order chi connectivity index (χ0) is 20.1. The molecule has 3 rings (SSSR count). The molecule has 3 N–H and O–H groups in total. The summed E-state index contributed by atoms with van der Waals surface area (Å²) in [6.45, 7) is 13.0. The fraction of sp³-hybridized carbons (Fsp3) is 0.850. The highest BCUT2D eigenvalue weighted by Gasteiger charge is 2.48. The van der Waals surface area contributed by atoms with Gasteiger partial charge >= 0.3 is 6.03 Å². The number of aliphatic imine (C=N–C) groups is 1. The molecule has 3 amide bonds. The Hall–Kier alpha value is -1.83. The van der Waals surface area contributed by atoms with Gasteiger partial charge in [-0.2, -0.15) is 0 Å². The van der Waals surface area contributed by atoms with Crippen molar-refractivity contribution in [1.82, 2.24) is 25.8 Å². The summed E-state index contributed by atoms with van der Waals surface area (Å²) in [5, 5.41) is 8.62. The van der Waals surface area contributed by atoms with Crippen LogP contribution in [0.25, 0.3) is 0 Å². The summed E-state index contributed by atoms with van der Waals surface area (Å²) in [7, 11) is 0. The monoisotopic (exact) mass is 392 g/mol. The molecule has 2 atom stereocenters. The summed E-state index contributed by atoms with van der Waals surface area (Å²) in [6, 6.07) is -0.378. The number of rotatable bonds is 5. The number of likely N-dealkylation sites (tertiary alicyclic amines) is 2. The number of piperidine rings is 2. The Morgan fingerprint density at radius 1 is 1.25 bits per heavy atom. The lowest BCUT2D eigenvalue weighted by Gasteiger charge is -2.39. The number of hydrogen-bond donors (Lipinski definition) is 3. The van der Waals surface area contributed by atoms with Crippen LogP contribution in [-0.2, 0) is 4.79 Å². The van der Waals surface area contributed by atoms with Gasteiger partial charge in [0.2, 0.25) is 0 Å². The molecule has 0 aliphatic carbocycles. The lowest BCUT2D eigenvalue weighted by molar-refractivity contribution is -0.125. The van der Waals surface area contributed by atoms with Crippen LogP contribution in [0.4, 0.5) is 4.79 Å². The standard InChI is InChI=1S/C20H36N6O2/c1-4-21-18(22-9-13-25-10-5-6-15(2)14-25)26-11-7-16(8-12-26)20(3)17(27)23-19(28)24-20/h15-16H,4-14H2,1-3H3,(H,21,22)(H2,23,24,27,28). The molecule has 0 aromatic carbocycles. The first-order valence-electron chi connectivity index (χ1n) is 10.8. The average molecular weight is 393 g/mol. The van der Waals surface area contributed by atoms with Crippen LogP contribution in [0.2, 0.25) is 0 Å². The Labute approximate surface area is 168 Å². The van der Waals surface area contributed by atoms with Gasteiger partial charge in [0.05, 0.1) is 6.54 Å². The van der Waals surface area contributed by atoms with E-state index in [0.717, 1.165) is 57.4 Å². The summed E-state index contributed by atoms with van der Waals surface area (Å²) in [4.78, 5) is 33.4. The Morgan fingerprint density at radius 2 is 2.00 bits per heavy atom. The third kappa shape index (κ3) is 4.77. The van der Waals surface area contributed by atoms with E-state index < -0.39 is 5.54 Å². The van der Waals surface area contributed by atoms with Crippen molar-refractivity contribution in [3.05, 3.63) is 0 Å². The van der Waals surface area contributed by atoms with Crippen LogP contribution in [0.5, 0.6) is 0 Å². The molecule has 8 nitrogen and oxygen atoms in total. The van der Waals surface area contributed by atoms with E-state index in [1.807, 2.05) is 6.92 Å². The van der Waals surface area contributed by atoms with Crippen LogP contribution in [0.15, 0.2) is 4.99 Å². The van der Waals surface area contributed by atoms with Crippen molar-refractivity contribution in [2.75, 3.05) is 45.8 Å². The van der Waals surface area contributed by atoms with Crippen LogP contribution >= 0.6 is 0 Å². The highest BCUT2D eigenvalue weighted by atomic mass is 16.2. The maximum Gasteiger partial charge on any atom is 0.322 e. The highest BCUT2D eigenvalue weighted by molar-refractivity contribution is 6.07. The molecule has 28 heavy (non-hydrogen) atoms. The molecule has 8 heteroatoms. The second-order valence-electron chi connectivity index (χ2n) is 8.66. The Morgan fingerprint density at radius 3 is 2.61 bits per heavy atom. The predicted octanol–water partition coefficient (Wildman–Crippen LogP) is 0.994. The van der Waals surface area contributed by atoms with Gasteiger partial charge in [-0.3, -0.25) is 15.1 Å². The van der Waals surface area contributed by atoms with Gasteiger partial charge in [0.15, 0.2) is 5.96 Å². The van der Waals surface area contributed by atoms with E-state index in [1.54, 1.807) is 0 Å². The van der Waals surface area contributed by atoms with E-state index in [1.165, 1.54) is 25.9 Å². The summed E-state index contributed by atoms with van der Waals surface area (Å²) in [5.41, 5.74) is -0.788. The molecule has 3 fully saturated rings. The van der Waals surface area contributed by atoms with Crippen LogP contribution in [-0.4, -0.2) is 79.0 Å². The number of nitrogens with zero attached hydrogens (tertiary/aromatic N) is 3. The number of carbonyl (C=O) groups is 2. The maximum atomic E-state index is 12.2. The molecular formula is C20H36N6O2. The number of carbonyl (C=O) groups excluding carboxylic acids is 2. The van der Waals surface area contributed by atoms with Crippen molar-refractivity contribution in [1.29, 1.82) is 0 Å². The molecule has 0 radical (unpaired) electrons. The third-order valence-corrected chi connectivity index (χ3v) is 6.44. The van der Waals surface area contributed by atoms with Gasteiger partial charge in [-0.15, -0.1) is 0 Å². The smallest absolute Gasteiger partial charge is 0.322 e. The summed E-state index contributed by atoms with van der Waals surface area (Å²) >= 11 is 0. The van der Waals surface area contributed by atoms with E-state index >= 15 is 0 Å². The molecule has 0 aromatic heterocycles. The number of nitrogens with one attached hydrogen (secondary N) is 3. The molecular weight excluding hydrogens is 356 g/mol. The molecule has 0 spiro atoms. The first-order valence-corrected chi connectivity index (χ1v) is 10.8. The molecule has 0 aromatic rings. The lowest BCUT2D eigenvalue weighted by Crippen LogP contribution is -2.55. The largest absolute Gasteiger partial charge is 0.357 e. The zero-order valence-electron chi connectivity index (χ0n) is 17.6. The Bertz CT molecular complexity index is 602. The number of imide groups is 1. The van der Waals surface area contributed by atoms with Gasteiger partial charge < -0.3 is 20.4 Å². The fourth-order valence-corrected chi connectivity index (χ4v) is 4.73. The summed E-state index contributed by atoms with van der Waals surface area (Å²) < 4.78 is 0. The molecule has 3 heterocycles. The van der Waals surface area contributed by atoms with Gasteiger partial charge in [-0.1, -0.05) is 6.92 Å². The van der Waals surface area contributed by atoms with E-state index in [2.05, 4.69) is 39.6 Å². The van der Waals surface area contributed by atoms with Gasteiger partial charge in [0.1, 0.15) is 5.54 Å². The van der Waals surface area contributed by atoms with Crippen molar-refractivity contribution in [3.8, 4) is 0 Å². The van der Waals surface area contributed by atoms with E-state index in [0.29, 0.717) is 0 Å². The second-order valence-corrected chi connectivity index (χ2v) is 8.66. The second kappa shape index (κ2) is 9.11. The number of guanidine groups is 1. The molecule has 3 aliphatic heterocycles.